The Labute approximate surface area is 196 Å². The van der Waals surface area contributed by atoms with Gasteiger partial charge in [0, 0.05) is 42.7 Å². The Morgan fingerprint density at radius 2 is 1.82 bits per heavy atom. The van der Waals surface area contributed by atoms with E-state index in [-0.39, 0.29) is 22.0 Å². The van der Waals surface area contributed by atoms with Crippen LogP contribution in [-0.2, 0) is 21.3 Å². The number of nitro benzene ring substituents is 1. The van der Waals surface area contributed by atoms with Crippen molar-refractivity contribution < 1.29 is 22.9 Å². The lowest BCUT2D eigenvalue weighted by Crippen LogP contribution is -2.40. The van der Waals surface area contributed by atoms with Crippen LogP contribution in [0, 0.1) is 10.1 Å². The molecule has 12 heteroatoms. The topological polar surface area (TPSA) is 122 Å². The van der Waals surface area contributed by atoms with E-state index in [1.807, 2.05) is 4.90 Å². The molecule has 1 aromatic heterocycles. The number of thiophene rings is 1. The van der Waals surface area contributed by atoms with E-state index >= 15 is 0 Å². The van der Waals surface area contributed by atoms with Crippen LogP contribution in [0.1, 0.15) is 34.5 Å². The van der Waals surface area contributed by atoms with Crippen molar-refractivity contribution in [1.29, 1.82) is 0 Å². The molecular formula is C21H26N4O6S2. The summed E-state index contributed by atoms with van der Waals surface area (Å²) in [5.74, 6) is -0.450. The van der Waals surface area contributed by atoms with Gasteiger partial charge in [-0.1, -0.05) is 0 Å². The van der Waals surface area contributed by atoms with Crippen LogP contribution in [0.4, 0.5) is 11.4 Å². The molecule has 0 spiro atoms. The van der Waals surface area contributed by atoms with E-state index in [4.69, 9.17) is 4.74 Å². The number of hydrogen-bond acceptors (Lipinski definition) is 8. The van der Waals surface area contributed by atoms with Crippen molar-refractivity contribution in [3.8, 4) is 0 Å². The second kappa shape index (κ2) is 10.2. The number of sulfonamides is 1. The average Bonchev–Trinajstić information content (AvgIpc) is 3.33. The van der Waals surface area contributed by atoms with Crippen LogP contribution in [0.5, 0.6) is 0 Å². The molecule has 2 aliphatic heterocycles. The van der Waals surface area contributed by atoms with Gasteiger partial charge in [-0.3, -0.25) is 14.9 Å². The van der Waals surface area contributed by atoms with Crippen LogP contribution in [0.3, 0.4) is 0 Å². The highest BCUT2D eigenvalue weighted by molar-refractivity contribution is 7.91. The maximum absolute atomic E-state index is 12.7. The van der Waals surface area contributed by atoms with E-state index in [1.54, 1.807) is 18.2 Å². The number of hydrogen-bond donors (Lipinski definition) is 1. The van der Waals surface area contributed by atoms with E-state index in [9.17, 15) is 23.3 Å². The smallest absolute Gasteiger partial charge is 0.293 e. The van der Waals surface area contributed by atoms with Crippen molar-refractivity contribution in [1.82, 2.24) is 9.62 Å². The van der Waals surface area contributed by atoms with Crippen molar-refractivity contribution in [2.24, 2.45) is 0 Å². The number of rotatable bonds is 7. The molecule has 1 amide bonds. The second-order valence-electron chi connectivity index (χ2n) is 7.93. The van der Waals surface area contributed by atoms with Crippen LogP contribution in [0.15, 0.2) is 34.5 Å². The normalized spacial score (nSPS) is 17.6. The summed E-state index contributed by atoms with van der Waals surface area (Å²) in [6.45, 7) is 3.04. The lowest BCUT2D eigenvalue weighted by Gasteiger charge is -2.28. The number of nitrogens with one attached hydrogen (secondary N) is 1. The first-order chi connectivity index (χ1) is 15.9. The molecule has 178 valence electrons. The fraction of sp³-hybridized carbons (Fsp3) is 0.476. The first-order valence-corrected chi connectivity index (χ1v) is 13.1. The number of nitrogens with zero attached hydrogens (tertiary/aromatic N) is 3. The molecule has 33 heavy (non-hydrogen) atoms. The summed E-state index contributed by atoms with van der Waals surface area (Å²) in [6, 6.07) is 7.74. The lowest BCUT2D eigenvalue weighted by molar-refractivity contribution is -0.384. The van der Waals surface area contributed by atoms with Crippen LogP contribution in [-0.4, -0.2) is 62.9 Å². The molecule has 2 aliphatic rings. The minimum Gasteiger partial charge on any atom is -0.379 e. The zero-order valence-corrected chi connectivity index (χ0v) is 19.7. The second-order valence-corrected chi connectivity index (χ2v) is 11.3. The molecule has 2 saturated heterocycles. The largest absolute Gasteiger partial charge is 0.379 e. The lowest BCUT2D eigenvalue weighted by atomic mass is 10.1. The van der Waals surface area contributed by atoms with E-state index in [0.29, 0.717) is 36.9 Å². The SMILES string of the molecule is O=C(NCc1ccc(S(=O)(=O)N2CCOCC2)s1)c1ccc(N2CCCCC2)c([N+](=O)[O-])c1. The van der Waals surface area contributed by atoms with Gasteiger partial charge in [0.2, 0.25) is 0 Å². The molecule has 0 unspecified atom stereocenters. The molecule has 0 aliphatic carbocycles. The van der Waals surface area contributed by atoms with E-state index in [0.717, 1.165) is 43.7 Å². The predicted octanol–water partition coefficient (Wildman–Crippen LogP) is 2.60. The maximum atomic E-state index is 12.7. The molecule has 1 aromatic carbocycles. The number of carbonyl (C=O) groups excluding carboxylic acids is 1. The van der Waals surface area contributed by atoms with Gasteiger partial charge in [-0.25, -0.2) is 8.42 Å². The first kappa shape index (κ1) is 23.6. The third kappa shape index (κ3) is 5.35. The van der Waals surface area contributed by atoms with Crippen LogP contribution in [0.2, 0.25) is 0 Å². The number of carbonyl (C=O) groups is 1. The number of benzene rings is 1. The number of anilines is 1. The Hall–Kier alpha value is -2.54. The number of piperidine rings is 1. The molecule has 0 saturated carbocycles. The van der Waals surface area contributed by atoms with Crippen molar-refractivity contribution in [2.75, 3.05) is 44.3 Å². The Kier molecular flexibility index (Phi) is 7.27. The minimum absolute atomic E-state index is 0.0837. The fourth-order valence-corrected chi connectivity index (χ4v) is 6.85. The van der Waals surface area contributed by atoms with Gasteiger partial charge in [-0.2, -0.15) is 4.31 Å². The Balaban J connectivity index is 1.43. The van der Waals surface area contributed by atoms with Gasteiger partial charge in [0.05, 0.1) is 24.7 Å². The number of nitro groups is 1. The van der Waals surface area contributed by atoms with Crippen molar-refractivity contribution in [3.05, 3.63) is 50.9 Å². The van der Waals surface area contributed by atoms with Crippen molar-refractivity contribution in [3.63, 3.8) is 0 Å². The standard InChI is InChI=1S/C21H26N4O6S2/c26-21(16-4-6-18(19(14-16)25(27)28)23-8-2-1-3-9-23)22-15-17-5-7-20(32-17)33(29,30)24-10-12-31-13-11-24/h4-7,14H,1-3,8-13,15H2,(H,22,26). The average molecular weight is 495 g/mol. The number of amides is 1. The summed E-state index contributed by atoms with van der Waals surface area (Å²) < 4.78 is 32.3. The van der Waals surface area contributed by atoms with E-state index in [2.05, 4.69) is 5.32 Å². The molecule has 0 bridgehead atoms. The molecule has 0 radical (unpaired) electrons. The Morgan fingerprint density at radius 3 is 2.52 bits per heavy atom. The summed E-state index contributed by atoms with van der Waals surface area (Å²) in [6.07, 6.45) is 3.09. The zero-order chi connectivity index (χ0) is 23.4. The zero-order valence-electron chi connectivity index (χ0n) is 18.1. The Bertz CT molecular complexity index is 1120. The molecule has 2 aromatic rings. The van der Waals surface area contributed by atoms with Crippen molar-refractivity contribution in [2.45, 2.75) is 30.0 Å². The molecule has 0 atom stereocenters. The highest BCUT2D eigenvalue weighted by Gasteiger charge is 2.28. The molecule has 3 heterocycles. The maximum Gasteiger partial charge on any atom is 0.293 e. The van der Waals surface area contributed by atoms with E-state index < -0.39 is 20.9 Å². The van der Waals surface area contributed by atoms with E-state index in [1.165, 1.54) is 16.4 Å². The molecular weight excluding hydrogens is 468 g/mol. The van der Waals surface area contributed by atoms with Gasteiger partial charge in [-0.15, -0.1) is 11.3 Å². The molecule has 10 nitrogen and oxygen atoms in total. The fourth-order valence-electron chi connectivity index (χ4n) is 3.99. The van der Waals surface area contributed by atoms with Gasteiger partial charge < -0.3 is 15.0 Å². The summed E-state index contributed by atoms with van der Waals surface area (Å²) in [5, 5.41) is 14.4. The Morgan fingerprint density at radius 1 is 1.09 bits per heavy atom. The monoisotopic (exact) mass is 494 g/mol. The molecule has 1 N–H and O–H groups in total. The predicted molar refractivity (Wildman–Crippen MR) is 124 cm³/mol. The summed E-state index contributed by atoms with van der Waals surface area (Å²) >= 11 is 1.10. The van der Waals surface area contributed by atoms with Gasteiger partial charge >= 0.3 is 0 Å². The van der Waals surface area contributed by atoms with Gasteiger partial charge in [0.25, 0.3) is 21.6 Å². The van der Waals surface area contributed by atoms with Crippen molar-refractivity contribution >= 4 is 38.6 Å². The number of ether oxygens (including phenoxy) is 1. The quantitative estimate of drug-likeness (QED) is 0.464. The highest BCUT2D eigenvalue weighted by Crippen LogP contribution is 2.31. The third-order valence-electron chi connectivity index (χ3n) is 5.76. The number of morpholine rings is 1. The summed E-state index contributed by atoms with van der Waals surface area (Å²) in [4.78, 5) is 26.5. The summed E-state index contributed by atoms with van der Waals surface area (Å²) in [7, 11) is -3.58. The van der Waals surface area contributed by atoms with Crippen LogP contribution < -0.4 is 10.2 Å². The van der Waals surface area contributed by atoms with Crippen LogP contribution in [0.25, 0.3) is 0 Å². The third-order valence-corrected chi connectivity index (χ3v) is 9.21. The summed E-state index contributed by atoms with van der Waals surface area (Å²) in [5.41, 5.74) is 0.646. The highest BCUT2D eigenvalue weighted by atomic mass is 32.2. The molecule has 2 fully saturated rings. The van der Waals surface area contributed by atoms with Gasteiger partial charge in [-0.05, 0) is 43.5 Å². The van der Waals surface area contributed by atoms with Gasteiger partial charge in [0.15, 0.2) is 0 Å². The van der Waals surface area contributed by atoms with Gasteiger partial charge in [0.1, 0.15) is 9.90 Å². The minimum atomic E-state index is -3.58. The first-order valence-electron chi connectivity index (χ1n) is 10.8. The van der Waals surface area contributed by atoms with Crippen LogP contribution >= 0.6 is 11.3 Å². The molecule has 4 rings (SSSR count).